The summed E-state index contributed by atoms with van der Waals surface area (Å²) in [5.41, 5.74) is 3.58. The van der Waals surface area contributed by atoms with Crippen LogP contribution in [-0.2, 0) is 20.9 Å². The molecule has 5 rings (SSSR count). The Balaban J connectivity index is 1.38. The van der Waals surface area contributed by atoms with E-state index in [0.717, 1.165) is 40.8 Å². The molecular formula is C32H33BrN2O5. The number of hydrogen-bond donors (Lipinski definition) is 1. The number of ketones is 1. The molecule has 3 aromatic rings. The second-order valence-electron chi connectivity index (χ2n) is 10.1. The Morgan fingerprint density at radius 3 is 2.38 bits per heavy atom. The number of ether oxygens (including phenoxy) is 2. The number of amides is 1. The lowest BCUT2D eigenvalue weighted by atomic mass is 9.95. The summed E-state index contributed by atoms with van der Waals surface area (Å²) in [7, 11) is 0. The van der Waals surface area contributed by atoms with Crippen molar-refractivity contribution in [2.45, 2.75) is 26.0 Å². The average molecular weight is 606 g/mol. The van der Waals surface area contributed by atoms with Crippen molar-refractivity contribution in [1.29, 1.82) is 0 Å². The Hall–Kier alpha value is -3.46. The highest BCUT2D eigenvalue weighted by atomic mass is 79.9. The number of nitrogens with zero attached hydrogens (tertiary/aromatic N) is 2. The lowest BCUT2D eigenvalue weighted by Gasteiger charge is -2.29. The molecule has 40 heavy (non-hydrogen) atoms. The first-order chi connectivity index (χ1) is 19.4. The molecule has 1 atom stereocenters. The van der Waals surface area contributed by atoms with Crippen LogP contribution in [0.15, 0.2) is 82.8 Å². The molecule has 3 aromatic carbocycles. The number of aliphatic hydroxyl groups is 1. The van der Waals surface area contributed by atoms with Crippen LogP contribution < -0.4 is 4.74 Å². The Labute approximate surface area is 243 Å². The Bertz CT molecular complexity index is 1380. The Morgan fingerprint density at radius 2 is 1.68 bits per heavy atom. The molecule has 0 radical (unpaired) electrons. The van der Waals surface area contributed by atoms with Crippen LogP contribution in [0, 0.1) is 6.92 Å². The van der Waals surface area contributed by atoms with Crippen molar-refractivity contribution >= 4 is 33.4 Å². The third kappa shape index (κ3) is 6.30. The zero-order valence-electron chi connectivity index (χ0n) is 22.5. The first kappa shape index (κ1) is 28.1. The quantitative estimate of drug-likeness (QED) is 0.198. The molecule has 1 unspecified atom stereocenters. The number of morpholine rings is 1. The molecule has 208 valence electrons. The van der Waals surface area contributed by atoms with Gasteiger partial charge in [-0.05, 0) is 66.4 Å². The van der Waals surface area contributed by atoms with Crippen LogP contribution in [0.1, 0.15) is 34.7 Å². The molecule has 0 saturated carbocycles. The van der Waals surface area contributed by atoms with Gasteiger partial charge in [-0.15, -0.1) is 0 Å². The normalized spacial score (nSPS) is 19.2. The van der Waals surface area contributed by atoms with Gasteiger partial charge in [0.1, 0.15) is 18.1 Å². The lowest BCUT2D eigenvalue weighted by Crippen LogP contribution is -2.38. The van der Waals surface area contributed by atoms with Gasteiger partial charge in [0.05, 0.1) is 24.8 Å². The van der Waals surface area contributed by atoms with E-state index in [4.69, 9.17) is 9.47 Å². The summed E-state index contributed by atoms with van der Waals surface area (Å²) in [6.07, 6.45) is 0.715. The monoisotopic (exact) mass is 604 g/mol. The summed E-state index contributed by atoms with van der Waals surface area (Å²) >= 11 is 3.46. The second kappa shape index (κ2) is 12.8. The first-order valence-corrected chi connectivity index (χ1v) is 14.3. The van der Waals surface area contributed by atoms with E-state index in [9.17, 15) is 14.7 Å². The van der Waals surface area contributed by atoms with E-state index in [1.165, 1.54) is 0 Å². The maximum Gasteiger partial charge on any atom is 0.295 e. The molecule has 7 nitrogen and oxygen atoms in total. The van der Waals surface area contributed by atoms with Gasteiger partial charge in [0, 0.05) is 36.2 Å². The molecular weight excluding hydrogens is 572 g/mol. The molecule has 2 aliphatic heterocycles. The van der Waals surface area contributed by atoms with Crippen LogP contribution >= 0.6 is 15.9 Å². The number of carbonyl (C=O) groups is 2. The summed E-state index contributed by atoms with van der Waals surface area (Å²) < 4.78 is 12.3. The van der Waals surface area contributed by atoms with E-state index in [1.807, 2.05) is 55.5 Å². The van der Waals surface area contributed by atoms with Crippen LogP contribution in [0.25, 0.3) is 5.76 Å². The SMILES string of the molecule is Cc1ccccc1COc1ccc(C(O)=C2C(=O)C(=O)N(CCCN3CCOCC3)C2c2ccc(Br)cc2)cc1. The minimum atomic E-state index is -0.672. The molecule has 0 aliphatic carbocycles. The maximum absolute atomic E-state index is 13.3. The maximum atomic E-state index is 13.3. The fourth-order valence-electron chi connectivity index (χ4n) is 5.19. The molecule has 2 heterocycles. The van der Waals surface area contributed by atoms with Crippen molar-refractivity contribution in [3.8, 4) is 5.75 Å². The number of aryl methyl sites for hydroxylation is 1. The summed E-state index contributed by atoms with van der Waals surface area (Å²) in [4.78, 5) is 30.5. The molecule has 1 amide bonds. The predicted molar refractivity (Wildman–Crippen MR) is 157 cm³/mol. The minimum absolute atomic E-state index is 0.104. The van der Waals surface area contributed by atoms with Gasteiger partial charge in [-0.3, -0.25) is 14.5 Å². The van der Waals surface area contributed by atoms with E-state index in [0.29, 0.717) is 44.1 Å². The Kier molecular flexibility index (Phi) is 8.99. The zero-order chi connectivity index (χ0) is 28.1. The van der Waals surface area contributed by atoms with Crippen LogP contribution in [0.2, 0.25) is 0 Å². The van der Waals surface area contributed by atoms with Crippen molar-refractivity contribution in [3.05, 3.63) is 105 Å². The van der Waals surface area contributed by atoms with Gasteiger partial charge in [-0.1, -0.05) is 52.3 Å². The van der Waals surface area contributed by atoms with Gasteiger partial charge in [0.15, 0.2) is 0 Å². The van der Waals surface area contributed by atoms with Crippen LogP contribution in [0.5, 0.6) is 5.75 Å². The average Bonchev–Trinajstić information content (AvgIpc) is 3.23. The number of hydrogen-bond acceptors (Lipinski definition) is 6. The Morgan fingerprint density at radius 1 is 0.975 bits per heavy atom. The van der Waals surface area contributed by atoms with Gasteiger partial charge in [-0.25, -0.2) is 0 Å². The molecule has 0 spiro atoms. The van der Waals surface area contributed by atoms with Gasteiger partial charge in [0.25, 0.3) is 11.7 Å². The number of Topliss-reactive ketones (excluding diaryl/α,β-unsaturated/α-hetero) is 1. The third-order valence-electron chi connectivity index (χ3n) is 7.49. The molecule has 1 N–H and O–H groups in total. The summed E-state index contributed by atoms with van der Waals surface area (Å²) in [6, 6.07) is 21.8. The van der Waals surface area contributed by atoms with Crippen molar-refractivity contribution in [2.75, 3.05) is 39.4 Å². The fourth-order valence-corrected chi connectivity index (χ4v) is 5.45. The van der Waals surface area contributed by atoms with Crippen molar-refractivity contribution in [3.63, 3.8) is 0 Å². The fraction of sp³-hybridized carbons (Fsp3) is 0.312. The lowest BCUT2D eigenvalue weighted by molar-refractivity contribution is -0.140. The molecule has 0 aromatic heterocycles. The van der Waals surface area contributed by atoms with E-state index < -0.39 is 17.7 Å². The van der Waals surface area contributed by atoms with E-state index in [1.54, 1.807) is 29.2 Å². The number of carbonyl (C=O) groups excluding carboxylic acids is 2. The van der Waals surface area contributed by atoms with Gasteiger partial charge in [-0.2, -0.15) is 0 Å². The van der Waals surface area contributed by atoms with Crippen molar-refractivity contribution < 1.29 is 24.2 Å². The largest absolute Gasteiger partial charge is 0.507 e. The first-order valence-electron chi connectivity index (χ1n) is 13.5. The molecule has 2 fully saturated rings. The standard InChI is InChI=1S/C32H33BrN2O5/c1-22-5-2-3-6-25(22)21-40-27-13-9-24(10-14-27)30(36)28-29(23-7-11-26(33)12-8-23)35(32(38)31(28)37)16-4-15-34-17-19-39-20-18-34/h2-3,5-14,29,36H,4,15-21H2,1H3. The van der Waals surface area contributed by atoms with Crippen LogP contribution in [-0.4, -0.2) is 66.0 Å². The van der Waals surface area contributed by atoms with Crippen LogP contribution in [0.3, 0.4) is 0 Å². The summed E-state index contributed by atoms with van der Waals surface area (Å²) in [5, 5.41) is 11.4. The highest BCUT2D eigenvalue weighted by Crippen LogP contribution is 2.40. The third-order valence-corrected chi connectivity index (χ3v) is 8.01. The smallest absolute Gasteiger partial charge is 0.295 e. The van der Waals surface area contributed by atoms with Crippen LogP contribution in [0.4, 0.5) is 0 Å². The topological polar surface area (TPSA) is 79.3 Å². The number of benzene rings is 3. The molecule has 2 saturated heterocycles. The number of rotatable bonds is 9. The summed E-state index contributed by atoms with van der Waals surface area (Å²) in [6.45, 7) is 6.82. The van der Waals surface area contributed by atoms with Gasteiger partial charge in [0.2, 0.25) is 0 Å². The molecule has 0 bridgehead atoms. The van der Waals surface area contributed by atoms with Crippen molar-refractivity contribution in [2.24, 2.45) is 0 Å². The highest BCUT2D eigenvalue weighted by molar-refractivity contribution is 9.10. The van der Waals surface area contributed by atoms with Gasteiger partial charge >= 0.3 is 0 Å². The number of halogens is 1. The molecule has 2 aliphatic rings. The molecule has 8 heteroatoms. The predicted octanol–water partition coefficient (Wildman–Crippen LogP) is 5.48. The van der Waals surface area contributed by atoms with Gasteiger partial charge < -0.3 is 19.5 Å². The number of aliphatic hydroxyl groups excluding tert-OH is 1. The zero-order valence-corrected chi connectivity index (χ0v) is 24.1. The van der Waals surface area contributed by atoms with E-state index >= 15 is 0 Å². The summed E-state index contributed by atoms with van der Waals surface area (Å²) in [5.74, 6) is -0.800. The minimum Gasteiger partial charge on any atom is -0.507 e. The highest BCUT2D eigenvalue weighted by Gasteiger charge is 2.45. The number of likely N-dealkylation sites (tertiary alicyclic amines) is 1. The van der Waals surface area contributed by atoms with Crippen molar-refractivity contribution in [1.82, 2.24) is 9.80 Å². The van der Waals surface area contributed by atoms with E-state index in [2.05, 4.69) is 20.8 Å². The van der Waals surface area contributed by atoms with E-state index in [-0.39, 0.29) is 11.3 Å². The second-order valence-corrected chi connectivity index (χ2v) is 11.0.